The van der Waals surface area contributed by atoms with E-state index in [-0.39, 0.29) is 12.7 Å². The van der Waals surface area contributed by atoms with E-state index in [1.165, 1.54) is 0 Å². The van der Waals surface area contributed by atoms with E-state index in [2.05, 4.69) is 5.43 Å². The van der Waals surface area contributed by atoms with Crippen LogP contribution >= 0.6 is 0 Å². The lowest BCUT2D eigenvalue weighted by Crippen LogP contribution is -2.36. The minimum absolute atomic E-state index is 0.0112. The molecule has 0 aliphatic carbocycles. The fraction of sp³-hybridized carbons (Fsp3) is 0.462. The Morgan fingerprint density at radius 3 is 2.67 bits per heavy atom. The number of rotatable bonds is 4. The Kier molecular flexibility index (Phi) is 3.72. The molecule has 18 heavy (non-hydrogen) atoms. The van der Waals surface area contributed by atoms with Crippen molar-refractivity contribution >= 4 is 5.91 Å². The Bertz CT molecular complexity index is 458. The van der Waals surface area contributed by atoms with Crippen molar-refractivity contribution in [2.45, 2.75) is 19.8 Å². The molecule has 0 radical (unpaired) electrons. The van der Waals surface area contributed by atoms with E-state index in [0.29, 0.717) is 12.8 Å². The van der Waals surface area contributed by atoms with E-state index in [4.69, 9.17) is 9.47 Å². The third-order valence-electron chi connectivity index (χ3n) is 2.80. The molecule has 0 spiro atoms. The number of fused-ring (bicyclic) bond motifs is 1. The Morgan fingerprint density at radius 2 is 2.00 bits per heavy atom. The zero-order valence-electron chi connectivity index (χ0n) is 10.9. The average molecular weight is 250 g/mol. The first kappa shape index (κ1) is 12.7. The maximum atomic E-state index is 11.6. The number of carbonyl (C=O) groups excluding carboxylic acids is 1. The second-order valence-corrected chi connectivity index (χ2v) is 4.56. The molecule has 98 valence electrons. The van der Waals surface area contributed by atoms with Gasteiger partial charge in [0.2, 0.25) is 12.7 Å². The molecule has 0 saturated heterocycles. The highest BCUT2D eigenvalue weighted by molar-refractivity contribution is 5.75. The molecule has 1 aromatic rings. The maximum Gasteiger partial charge on any atom is 0.234 e. The maximum absolute atomic E-state index is 11.6. The molecule has 5 heteroatoms. The van der Waals surface area contributed by atoms with Crippen LogP contribution in [0.4, 0.5) is 0 Å². The molecule has 1 aliphatic heterocycles. The molecule has 5 nitrogen and oxygen atoms in total. The van der Waals surface area contributed by atoms with Gasteiger partial charge in [0.15, 0.2) is 11.5 Å². The fourth-order valence-electron chi connectivity index (χ4n) is 1.91. The Hall–Kier alpha value is -1.75. The van der Waals surface area contributed by atoms with Gasteiger partial charge in [0.05, 0.1) is 0 Å². The minimum Gasteiger partial charge on any atom is -0.454 e. The number of hydrogen-bond acceptors (Lipinski definition) is 4. The zero-order chi connectivity index (χ0) is 13.1. The van der Waals surface area contributed by atoms with Gasteiger partial charge in [-0.05, 0) is 36.6 Å². The van der Waals surface area contributed by atoms with Gasteiger partial charge >= 0.3 is 0 Å². The number of hydrogen-bond donors (Lipinski definition) is 1. The number of ether oxygens (including phenoxy) is 2. The number of nitrogens with zero attached hydrogens (tertiary/aromatic N) is 1. The van der Waals surface area contributed by atoms with Gasteiger partial charge in [-0.1, -0.05) is 0 Å². The van der Waals surface area contributed by atoms with Crippen LogP contribution in [0.5, 0.6) is 11.5 Å². The number of hydrazine groups is 1. The molecule has 0 saturated carbocycles. The lowest BCUT2D eigenvalue weighted by molar-refractivity contribution is -0.124. The van der Waals surface area contributed by atoms with E-state index in [1.54, 1.807) is 19.1 Å². The molecule has 1 heterocycles. The van der Waals surface area contributed by atoms with Gasteiger partial charge < -0.3 is 9.47 Å². The minimum atomic E-state index is 0.0112. The highest BCUT2D eigenvalue weighted by atomic mass is 16.7. The van der Waals surface area contributed by atoms with E-state index in [1.807, 2.05) is 19.1 Å². The van der Waals surface area contributed by atoms with E-state index in [0.717, 1.165) is 22.6 Å². The predicted octanol–water partition coefficient (Wildman–Crippen LogP) is 1.25. The standard InChI is InChI=1S/C13H18N2O3/c1-9-6-11-12(18-8-17-11)7-10(9)4-5-13(16)14-15(2)3/h6-7H,4-5,8H2,1-3H3,(H,14,16). The highest BCUT2D eigenvalue weighted by Gasteiger charge is 2.16. The number of carbonyl (C=O) groups is 1. The van der Waals surface area contributed by atoms with Crippen molar-refractivity contribution in [2.75, 3.05) is 20.9 Å². The van der Waals surface area contributed by atoms with Gasteiger partial charge in [0.25, 0.3) is 0 Å². The van der Waals surface area contributed by atoms with Gasteiger partial charge in [-0.2, -0.15) is 0 Å². The Labute approximate surface area is 107 Å². The monoisotopic (exact) mass is 250 g/mol. The molecule has 1 aliphatic rings. The molecular formula is C13H18N2O3. The highest BCUT2D eigenvalue weighted by Crippen LogP contribution is 2.34. The molecular weight excluding hydrogens is 232 g/mol. The quantitative estimate of drug-likeness (QED) is 0.817. The van der Waals surface area contributed by atoms with Crippen molar-refractivity contribution in [1.82, 2.24) is 10.4 Å². The summed E-state index contributed by atoms with van der Waals surface area (Å²) in [6, 6.07) is 3.92. The first-order valence-electron chi connectivity index (χ1n) is 5.92. The summed E-state index contributed by atoms with van der Waals surface area (Å²) in [7, 11) is 3.59. The van der Waals surface area contributed by atoms with Gasteiger partial charge in [-0.25, -0.2) is 5.01 Å². The van der Waals surface area contributed by atoms with Gasteiger partial charge in [0, 0.05) is 20.5 Å². The summed E-state index contributed by atoms with van der Waals surface area (Å²) < 4.78 is 10.6. The summed E-state index contributed by atoms with van der Waals surface area (Å²) in [5.41, 5.74) is 4.96. The van der Waals surface area contributed by atoms with Gasteiger partial charge in [-0.3, -0.25) is 10.2 Å². The molecule has 0 aromatic heterocycles. The first-order valence-corrected chi connectivity index (χ1v) is 5.92. The molecule has 0 bridgehead atoms. The number of amides is 1. The van der Waals surface area contributed by atoms with Crippen LogP contribution in [0.25, 0.3) is 0 Å². The first-order chi connectivity index (χ1) is 8.56. The molecule has 1 N–H and O–H groups in total. The van der Waals surface area contributed by atoms with Crippen LogP contribution in [0.1, 0.15) is 17.5 Å². The van der Waals surface area contributed by atoms with Crippen LogP contribution in [-0.4, -0.2) is 31.8 Å². The topological polar surface area (TPSA) is 50.8 Å². The molecule has 2 rings (SSSR count). The van der Waals surface area contributed by atoms with Crippen LogP contribution in [0.15, 0.2) is 12.1 Å². The zero-order valence-corrected chi connectivity index (χ0v) is 10.9. The number of nitrogens with one attached hydrogen (secondary N) is 1. The van der Waals surface area contributed by atoms with Crippen molar-refractivity contribution in [1.29, 1.82) is 0 Å². The van der Waals surface area contributed by atoms with Crippen LogP contribution in [0.3, 0.4) is 0 Å². The summed E-state index contributed by atoms with van der Waals surface area (Å²) >= 11 is 0. The SMILES string of the molecule is Cc1cc2c(cc1CCC(=O)NN(C)C)OCO2. The lowest BCUT2D eigenvalue weighted by Gasteiger charge is -2.12. The summed E-state index contributed by atoms with van der Waals surface area (Å²) in [6.45, 7) is 2.29. The molecule has 1 amide bonds. The van der Waals surface area contributed by atoms with Crippen molar-refractivity contribution in [3.8, 4) is 11.5 Å². The second-order valence-electron chi connectivity index (χ2n) is 4.56. The summed E-state index contributed by atoms with van der Waals surface area (Å²) in [6.07, 6.45) is 1.15. The summed E-state index contributed by atoms with van der Waals surface area (Å²) in [4.78, 5) is 11.6. The normalized spacial score (nSPS) is 12.9. The molecule has 0 fully saturated rings. The van der Waals surface area contributed by atoms with E-state index >= 15 is 0 Å². The van der Waals surface area contributed by atoms with Crippen LogP contribution in [0, 0.1) is 6.92 Å². The lowest BCUT2D eigenvalue weighted by atomic mass is 10.0. The Balaban J connectivity index is 1.99. The second kappa shape index (κ2) is 5.27. The van der Waals surface area contributed by atoms with E-state index < -0.39 is 0 Å². The third-order valence-corrected chi connectivity index (χ3v) is 2.80. The van der Waals surface area contributed by atoms with Crippen molar-refractivity contribution in [2.24, 2.45) is 0 Å². The third kappa shape index (κ3) is 2.92. The average Bonchev–Trinajstić information content (AvgIpc) is 2.71. The summed E-state index contributed by atoms with van der Waals surface area (Å²) in [5.74, 6) is 1.56. The van der Waals surface area contributed by atoms with Crippen molar-refractivity contribution in [3.05, 3.63) is 23.3 Å². The number of benzene rings is 1. The largest absolute Gasteiger partial charge is 0.454 e. The molecule has 0 unspecified atom stereocenters. The van der Waals surface area contributed by atoms with Gasteiger partial charge in [0.1, 0.15) is 0 Å². The summed E-state index contributed by atoms with van der Waals surface area (Å²) in [5, 5.41) is 1.65. The van der Waals surface area contributed by atoms with Gasteiger partial charge in [-0.15, -0.1) is 0 Å². The number of aryl methyl sites for hydroxylation is 2. The van der Waals surface area contributed by atoms with E-state index in [9.17, 15) is 4.79 Å². The van der Waals surface area contributed by atoms with Crippen molar-refractivity contribution in [3.63, 3.8) is 0 Å². The van der Waals surface area contributed by atoms with Crippen LogP contribution in [0.2, 0.25) is 0 Å². The fourth-order valence-corrected chi connectivity index (χ4v) is 1.91. The van der Waals surface area contributed by atoms with Crippen LogP contribution in [-0.2, 0) is 11.2 Å². The van der Waals surface area contributed by atoms with Crippen LogP contribution < -0.4 is 14.9 Å². The van der Waals surface area contributed by atoms with Crippen molar-refractivity contribution < 1.29 is 14.3 Å². The predicted molar refractivity (Wildman–Crippen MR) is 67.5 cm³/mol. The smallest absolute Gasteiger partial charge is 0.234 e. The molecule has 0 atom stereocenters. The Morgan fingerprint density at radius 1 is 1.33 bits per heavy atom. The molecule has 1 aromatic carbocycles.